The summed E-state index contributed by atoms with van der Waals surface area (Å²) < 4.78 is 7.84. The van der Waals surface area contributed by atoms with E-state index >= 15 is 0 Å². The van der Waals surface area contributed by atoms with E-state index in [1.54, 1.807) is 41.3 Å². The molecule has 0 atom stereocenters. The third kappa shape index (κ3) is 4.85. The third-order valence-electron chi connectivity index (χ3n) is 4.97. The Hall–Kier alpha value is -4.37. The molecule has 4 rings (SSSR count). The van der Waals surface area contributed by atoms with Crippen molar-refractivity contribution in [1.82, 2.24) is 14.3 Å². The lowest BCUT2D eigenvalue weighted by molar-refractivity contribution is 0.0762. The Morgan fingerprint density at radius 3 is 2.75 bits per heavy atom. The Morgan fingerprint density at radius 1 is 1.16 bits per heavy atom. The van der Waals surface area contributed by atoms with Gasteiger partial charge >= 0.3 is 0 Å². The van der Waals surface area contributed by atoms with Crippen LogP contribution >= 0.6 is 0 Å². The predicted molar refractivity (Wildman–Crippen MR) is 122 cm³/mol. The van der Waals surface area contributed by atoms with Gasteiger partial charge in [-0.15, -0.1) is 6.58 Å². The number of benzene rings is 2. The molecule has 2 aromatic carbocycles. The van der Waals surface area contributed by atoms with Crippen LogP contribution in [-0.4, -0.2) is 26.7 Å². The summed E-state index contributed by atoms with van der Waals surface area (Å²) in [6, 6.07) is 22.3. The van der Waals surface area contributed by atoms with Gasteiger partial charge in [-0.05, 0) is 48.0 Å². The number of ether oxygens (including phenoxy) is 1. The van der Waals surface area contributed by atoms with Crippen molar-refractivity contribution in [1.29, 1.82) is 5.26 Å². The lowest BCUT2D eigenvalue weighted by Gasteiger charge is -2.21. The number of imidazole rings is 1. The average molecular weight is 422 g/mol. The standard InChI is InChI=1S/C26H22N4O2/c1-2-13-30(17-21-11-9-20(16-27)10-12-21)26(31)22-6-5-7-24(15-22)32-19-23-18-29-14-4-3-8-25(29)28-23/h2-12,14-15,18H,1,13,17,19H2. The summed E-state index contributed by atoms with van der Waals surface area (Å²) in [5, 5.41) is 8.97. The molecule has 4 aromatic rings. The van der Waals surface area contributed by atoms with E-state index in [1.807, 2.05) is 53.2 Å². The molecule has 2 aromatic heterocycles. The zero-order valence-corrected chi connectivity index (χ0v) is 17.5. The second-order valence-electron chi connectivity index (χ2n) is 7.30. The Balaban J connectivity index is 1.46. The molecular formula is C26H22N4O2. The summed E-state index contributed by atoms with van der Waals surface area (Å²) >= 11 is 0. The van der Waals surface area contributed by atoms with E-state index in [0.29, 0.717) is 36.6 Å². The molecule has 1 amide bonds. The zero-order chi connectivity index (χ0) is 22.3. The SMILES string of the molecule is C=CCN(Cc1ccc(C#N)cc1)C(=O)c1cccc(OCc2cn3ccccc3n2)c1. The molecular weight excluding hydrogens is 400 g/mol. The molecule has 6 nitrogen and oxygen atoms in total. The van der Waals surface area contributed by atoms with E-state index in [9.17, 15) is 4.79 Å². The summed E-state index contributed by atoms with van der Waals surface area (Å²) in [4.78, 5) is 19.4. The van der Waals surface area contributed by atoms with Crippen molar-refractivity contribution >= 4 is 11.6 Å². The predicted octanol–water partition coefficient (Wildman–Crippen LogP) is 4.61. The quantitative estimate of drug-likeness (QED) is 0.389. The Bertz CT molecular complexity index is 1250. The number of nitrogens with zero attached hydrogens (tertiary/aromatic N) is 4. The number of aromatic nitrogens is 2. The second-order valence-corrected chi connectivity index (χ2v) is 7.30. The van der Waals surface area contributed by atoms with Crippen molar-refractivity contribution in [2.45, 2.75) is 13.2 Å². The van der Waals surface area contributed by atoms with E-state index in [4.69, 9.17) is 10.00 Å². The van der Waals surface area contributed by atoms with Crippen LogP contribution in [0.3, 0.4) is 0 Å². The number of carbonyl (C=O) groups excluding carboxylic acids is 1. The van der Waals surface area contributed by atoms with E-state index < -0.39 is 0 Å². The first-order valence-corrected chi connectivity index (χ1v) is 10.2. The number of carbonyl (C=O) groups is 1. The molecule has 0 fully saturated rings. The van der Waals surface area contributed by atoms with Gasteiger partial charge in [0, 0.05) is 31.0 Å². The Kier molecular flexibility index (Phi) is 6.28. The molecule has 0 unspecified atom stereocenters. The van der Waals surface area contributed by atoms with Gasteiger partial charge in [0.2, 0.25) is 0 Å². The fraction of sp³-hybridized carbons (Fsp3) is 0.115. The smallest absolute Gasteiger partial charge is 0.254 e. The number of rotatable bonds is 8. The van der Waals surface area contributed by atoms with Crippen molar-refractivity contribution in [2.24, 2.45) is 0 Å². The molecule has 0 N–H and O–H groups in total. The van der Waals surface area contributed by atoms with Crippen LogP contribution in [-0.2, 0) is 13.2 Å². The van der Waals surface area contributed by atoms with Gasteiger partial charge in [-0.3, -0.25) is 4.79 Å². The van der Waals surface area contributed by atoms with Gasteiger partial charge in [-0.2, -0.15) is 5.26 Å². The number of pyridine rings is 1. The minimum absolute atomic E-state index is 0.118. The normalized spacial score (nSPS) is 10.5. The van der Waals surface area contributed by atoms with Crippen LogP contribution < -0.4 is 4.74 Å². The molecule has 0 aliphatic heterocycles. The van der Waals surface area contributed by atoms with Gasteiger partial charge in [0.25, 0.3) is 5.91 Å². The summed E-state index contributed by atoms with van der Waals surface area (Å²) in [7, 11) is 0. The first-order valence-electron chi connectivity index (χ1n) is 10.2. The molecule has 0 spiro atoms. The van der Waals surface area contributed by atoms with Crippen LogP contribution in [0, 0.1) is 11.3 Å². The van der Waals surface area contributed by atoms with Crippen LogP contribution in [0.2, 0.25) is 0 Å². The molecule has 0 aliphatic carbocycles. The van der Waals surface area contributed by atoms with Crippen molar-refractivity contribution in [3.05, 3.63) is 114 Å². The summed E-state index contributed by atoms with van der Waals surface area (Å²) in [6.45, 7) is 4.91. The van der Waals surface area contributed by atoms with E-state index in [0.717, 1.165) is 16.9 Å². The molecule has 0 bridgehead atoms. The lowest BCUT2D eigenvalue weighted by Crippen LogP contribution is -2.30. The van der Waals surface area contributed by atoms with E-state index in [2.05, 4.69) is 17.6 Å². The van der Waals surface area contributed by atoms with Gasteiger partial charge in [0.15, 0.2) is 0 Å². The fourth-order valence-corrected chi connectivity index (χ4v) is 3.40. The van der Waals surface area contributed by atoms with Gasteiger partial charge in [-0.25, -0.2) is 4.98 Å². The molecule has 0 saturated heterocycles. The first kappa shape index (κ1) is 20.9. The fourth-order valence-electron chi connectivity index (χ4n) is 3.40. The summed E-state index contributed by atoms with van der Waals surface area (Å²) in [6.07, 6.45) is 5.56. The highest BCUT2D eigenvalue weighted by Crippen LogP contribution is 2.18. The number of nitriles is 1. The van der Waals surface area contributed by atoms with Gasteiger partial charge < -0.3 is 14.0 Å². The number of hydrogen-bond donors (Lipinski definition) is 0. The van der Waals surface area contributed by atoms with Gasteiger partial charge in [-0.1, -0.05) is 30.3 Å². The van der Waals surface area contributed by atoms with Crippen LogP contribution in [0.1, 0.15) is 27.2 Å². The molecule has 0 saturated carbocycles. The minimum Gasteiger partial charge on any atom is -0.487 e. The molecule has 158 valence electrons. The monoisotopic (exact) mass is 422 g/mol. The minimum atomic E-state index is -0.118. The number of hydrogen-bond acceptors (Lipinski definition) is 4. The van der Waals surface area contributed by atoms with Crippen molar-refractivity contribution in [3.8, 4) is 11.8 Å². The van der Waals surface area contributed by atoms with Crippen molar-refractivity contribution < 1.29 is 9.53 Å². The maximum absolute atomic E-state index is 13.2. The van der Waals surface area contributed by atoms with Crippen molar-refractivity contribution in [3.63, 3.8) is 0 Å². The topological polar surface area (TPSA) is 70.6 Å². The summed E-state index contributed by atoms with van der Waals surface area (Å²) in [5.74, 6) is 0.484. The number of amides is 1. The molecule has 0 aliphatic rings. The van der Waals surface area contributed by atoms with Crippen LogP contribution in [0.5, 0.6) is 5.75 Å². The maximum Gasteiger partial charge on any atom is 0.254 e. The lowest BCUT2D eigenvalue weighted by atomic mass is 10.1. The Labute approximate surface area is 186 Å². The van der Waals surface area contributed by atoms with E-state index in [-0.39, 0.29) is 5.91 Å². The zero-order valence-electron chi connectivity index (χ0n) is 17.5. The average Bonchev–Trinajstić information content (AvgIpc) is 3.26. The van der Waals surface area contributed by atoms with Crippen LogP contribution in [0.25, 0.3) is 5.65 Å². The third-order valence-corrected chi connectivity index (χ3v) is 4.97. The molecule has 2 heterocycles. The highest BCUT2D eigenvalue weighted by molar-refractivity contribution is 5.94. The highest BCUT2D eigenvalue weighted by atomic mass is 16.5. The second kappa shape index (κ2) is 9.63. The highest BCUT2D eigenvalue weighted by Gasteiger charge is 2.16. The van der Waals surface area contributed by atoms with Gasteiger partial charge in [0.1, 0.15) is 18.0 Å². The molecule has 32 heavy (non-hydrogen) atoms. The van der Waals surface area contributed by atoms with Crippen molar-refractivity contribution in [2.75, 3.05) is 6.54 Å². The number of fused-ring (bicyclic) bond motifs is 1. The van der Waals surface area contributed by atoms with Crippen LogP contribution in [0.4, 0.5) is 0 Å². The Morgan fingerprint density at radius 2 is 2.00 bits per heavy atom. The maximum atomic E-state index is 13.2. The van der Waals surface area contributed by atoms with Crippen LogP contribution in [0.15, 0.2) is 91.8 Å². The van der Waals surface area contributed by atoms with E-state index in [1.165, 1.54) is 0 Å². The summed E-state index contributed by atoms with van der Waals surface area (Å²) in [5.41, 5.74) is 3.73. The van der Waals surface area contributed by atoms with Gasteiger partial charge in [0.05, 0.1) is 17.3 Å². The first-order chi connectivity index (χ1) is 15.7. The molecule has 0 radical (unpaired) electrons. The largest absolute Gasteiger partial charge is 0.487 e. The molecule has 6 heteroatoms.